The van der Waals surface area contributed by atoms with E-state index >= 15 is 0 Å². The minimum Gasteiger partial charge on any atom is -0.397 e. The van der Waals surface area contributed by atoms with Crippen molar-refractivity contribution in [2.45, 2.75) is 13.3 Å². The summed E-state index contributed by atoms with van der Waals surface area (Å²) < 4.78 is 0. The van der Waals surface area contributed by atoms with E-state index in [1.165, 1.54) is 11.1 Å². The van der Waals surface area contributed by atoms with Gasteiger partial charge in [-0.1, -0.05) is 53.6 Å². The van der Waals surface area contributed by atoms with E-state index in [4.69, 9.17) is 17.3 Å². The predicted octanol–water partition coefficient (Wildman–Crippen LogP) is 3.82. The smallest absolute Gasteiger partial charge is 0.0638 e. The van der Waals surface area contributed by atoms with Gasteiger partial charge in [0.2, 0.25) is 0 Å². The molecular formula is C14H14ClN. The fourth-order valence-corrected chi connectivity index (χ4v) is 1.86. The molecular weight excluding hydrogens is 218 g/mol. The van der Waals surface area contributed by atoms with E-state index in [-0.39, 0.29) is 0 Å². The lowest BCUT2D eigenvalue weighted by Crippen LogP contribution is -1.96. The fourth-order valence-electron chi connectivity index (χ4n) is 1.66. The van der Waals surface area contributed by atoms with Crippen LogP contribution in [0.2, 0.25) is 5.02 Å². The van der Waals surface area contributed by atoms with Crippen molar-refractivity contribution in [1.82, 2.24) is 0 Å². The van der Waals surface area contributed by atoms with Crippen LogP contribution in [-0.2, 0) is 6.42 Å². The topological polar surface area (TPSA) is 26.0 Å². The zero-order valence-corrected chi connectivity index (χ0v) is 9.96. The van der Waals surface area contributed by atoms with Crippen molar-refractivity contribution in [1.29, 1.82) is 0 Å². The van der Waals surface area contributed by atoms with E-state index in [1.54, 1.807) is 0 Å². The number of halogens is 1. The van der Waals surface area contributed by atoms with E-state index in [0.717, 1.165) is 12.0 Å². The van der Waals surface area contributed by atoms with Gasteiger partial charge >= 0.3 is 0 Å². The standard InChI is InChI=1S/C14H14ClN/c1-10-5-7-11(8-6-10)9-12-3-2-4-13(15)14(12)16/h2-8H,9,16H2,1H3. The van der Waals surface area contributed by atoms with Crippen LogP contribution in [-0.4, -0.2) is 0 Å². The maximum absolute atomic E-state index is 5.98. The molecule has 0 unspecified atom stereocenters. The first-order valence-corrected chi connectivity index (χ1v) is 5.63. The molecule has 2 rings (SSSR count). The van der Waals surface area contributed by atoms with Crippen LogP contribution < -0.4 is 5.73 Å². The quantitative estimate of drug-likeness (QED) is 0.782. The zero-order valence-electron chi connectivity index (χ0n) is 9.20. The van der Waals surface area contributed by atoms with Crippen molar-refractivity contribution in [3.05, 3.63) is 64.2 Å². The van der Waals surface area contributed by atoms with Gasteiger partial charge < -0.3 is 5.73 Å². The van der Waals surface area contributed by atoms with Gasteiger partial charge in [0.1, 0.15) is 0 Å². The lowest BCUT2D eigenvalue weighted by atomic mass is 10.0. The van der Waals surface area contributed by atoms with Crippen LogP contribution in [0.5, 0.6) is 0 Å². The summed E-state index contributed by atoms with van der Waals surface area (Å²) >= 11 is 5.98. The largest absolute Gasteiger partial charge is 0.397 e. The maximum Gasteiger partial charge on any atom is 0.0638 e. The Bertz CT molecular complexity index is 489. The Morgan fingerprint density at radius 1 is 1.06 bits per heavy atom. The Hall–Kier alpha value is -1.47. The molecule has 0 amide bonds. The lowest BCUT2D eigenvalue weighted by Gasteiger charge is -2.07. The molecule has 0 aliphatic heterocycles. The van der Waals surface area contributed by atoms with Crippen LogP contribution in [0.3, 0.4) is 0 Å². The van der Waals surface area contributed by atoms with Gasteiger partial charge in [-0.25, -0.2) is 0 Å². The summed E-state index contributed by atoms with van der Waals surface area (Å²) in [6.45, 7) is 2.08. The van der Waals surface area contributed by atoms with Gasteiger partial charge in [0.05, 0.1) is 10.7 Å². The first kappa shape index (κ1) is 11.0. The molecule has 16 heavy (non-hydrogen) atoms. The molecule has 0 spiro atoms. The highest BCUT2D eigenvalue weighted by Gasteiger charge is 2.03. The van der Waals surface area contributed by atoms with Crippen LogP contribution >= 0.6 is 11.6 Å². The number of aryl methyl sites for hydroxylation is 1. The van der Waals surface area contributed by atoms with Crippen molar-refractivity contribution in [3.8, 4) is 0 Å². The highest BCUT2D eigenvalue weighted by atomic mass is 35.5. The van der Waals surface area contributed by atoms with Crippen LogP contribution in [0.25, 0.3) is 0 Å². The number of hydrogen-bond acceptors (Lipinski definition) is 1. The second kappa shape index (κ2) is 4.58. The van der Waals surface area contributed by atoms with Crippen molar-refractivity contribution >= 4 is 17.3 Å². The monoisotopic (exact) mass is 231 g/mol. The second-order valence-electron chi connectivity index (χ2n) is 3.98. The molecule has 2 heteroatoms. The first-order chi connectivity index (χ1) is 7.66. The Kier molecular flexibility index (Phi) is 3.16. The molecule has 0 atom stereocenters. The molecule has 0 heterocycles. The van der Waals surface area contributed by atoms with Gasteiger partial charge in [-0.15, -0.1) is 0 Å². The maximum atomic E-state index is 5.98. The van der Waals surface area contributed by atoms with Crippen molar-refractivity contribution in [3.63, 3.8) is 0 Å². The molecule has 0 bridgehead atoms. The van der Waals surface area contributed by atoms with Gasteiger partial charge in [-0.2, -0.15) is 0 Å². The number of nitrogen functional groups attached to an aromatic ring is 1. The average molecular weight is 232 g/mol. The summed E-state index contributed by atoms with van der Waals surface area (Å²) in [5.74, 6) is 0. The third-order valence-electron chi connectivity index (χ3n) is 2.66. The zero-order chi connectivity index (χ0) is 11.5. The Morgan fingerprint density at radius 2 is 1.75 bits per heavy atom. The number of rotatable bonds is 2. The third kappa shape index (κ3) is 2.37. The molecule has 0 saturated heterocycles. The van der Waals surface area contributed by atoms with Gasteiger partial charge in [0.25, 0.3) is 0 Å². The molecule has 2 N–H and O–H groups in total. The van der Waals surface area contributed by atoms with Crippen LogP contribution in [0, 0.1) is 6.92 Å². The minimum absolute atomic E-state index is 0.629. The van der Waals surface area contributed by atoms with Crippen molar-refractivity contribution in [2.24, 2.45) is 0 Å². The lowest BCUT2D eigenvalue weighted by molar-refractivity contribution is 1.19. The van der Waals surface area contributed by atoms with E-state index in [2.05, 4.69) is 31.2 Å². The van der Waals surface area contributed by atoms with Crippen LogP contribution in [0.1, 0.15) is 16.7 Å². The minimum atomic E-state index is 0.629. The number of benzene rings is 2. The molecule has 0 aliphatic rings. The average Bonchev–Trinajstić information content (AvgIpc) is 2.28. The molecule has 0 radical (unpaired) electrons. The van der Waals surface area contributed by atoms with Crippen LogP contribution in [0.4, 0.5) is 5.69 Å². The first-order valence-electron chi connectivity index (χ1n) is 5.25. The molecule has 0 fully saturated rings. The summed E-state index contributed by atoms with van der Waals surface area (Å²) in [6, 6.07) is 14.2. The second-order valence-corrected chi connectivity index (χ2v) is 4.38. The third-order valence-corrected chi connectivity index (χ3v) is 2.99. The predicted molar refractivity (Wildman–Crippen MR) is 69.8 cm³/mol. The Morgan fingerprint density at radius 3 is 2.44 bits per heavy atom. The fraction of sp³-hybridized carbons (Fsp3) is 0.143. The number of nitrogens with two attached hydrogens (primary N) is 1. The number of hydrogen-bond donors (Lipinski definition) is 1. The number of para-hydroxylation sites is 1. The SMILES string of the molecule is Cc1ccc(Cc2cccc(Cl)c2N)cc1. The molecule has 82 valence electrons. The van der Waals surface area contributed by atoms with E-state index in [1.807, 2.05) is 18.2 Å². The van der Waals surface area contributed by atoms with E-state index in [9.17, 15) is 0 Å². The molecule has 2 aromatic carbocycles. The summed E-state index contributed by atoms with van der Waals surface area (Å²) in [5, 5.41) is 0.629. The summed E-state index contributed by atoms with van der Waals surface area (Å²) in [6.07, 6.45) is 0.826. The molecule has 1 nitrogen and oxygen atoms in total. The van der Waals surface area contributed by atoms with E-state index < -0.39 is 0 Å². The summed E-state index contributed by atoms with van der Waals surface area (Å²) in [7, 11) is 0. The van der Waals surface area contributed by atoms with Gasteiger partial charge in [-0.3, -0.25) is 0 Å². The highest BCUT2D eigenvalue weighted by molar-refractivity contribution is 6.33. The molecule has 0 aliphatic carbocycles. The van der Waals surface area contributed by atoms with Gasteiger partial charge in [0, 0.05) is 0 Å². The van der Waals surface area contributed by atoms with Gasteiger partial charge in [-0.05, 0) is 30.5 Å². The van der Waals surface area contributed by atoms with Crippen LogP contribution in [0.15, 0.2) is 42.5 Å². The van der Waals surface area contributed by atoms with Crippen molar-refractivity contribution < 1.29 is 0 Å². The Labute approximate surface area is 101 Å². The van der Waals surface area contributed by atoms with Crippen molar-refractivity contribution in [2.75, 3.05) is 5.73 Å². The van der Waals surface area contributed by atoms with Gasteiger partial charge in [0.15, 0.2) is 0 Å². The Balaban J connectivity index is 2.27. The molecule has 0 aromatic heterocycles. The summed E-state index contributed by atoms with van der Waals surface area (Å²) in [4.78, 5) is 0. The summed E-state index contributed by atoms with van der Waals surface area (Å²) in [5.41, 5.74) is 10.2. The molecule has 2 aromatic rings. The van der Waals surface area contributed by atoms with E-state index in [0.29, 0.717) is 10.7 Å². The highest BCUT2D eigenvalue weighted by Crippen LogP contribution is 2.24. The normalized spacial score (nSPS) is 10.4. The number of anilines is 1. The molecule has 0 saturated carbocycles.